The quantitative estimate of drug-likeness (QED) is 0.757. The van der Waals surface area contributed by atoms with Gasteiger partial charge in [-0.2, -0.15) is 0 Å². The van der Waals surface area contributed by atoms with Crippen LogP contribution < -0.4 is 0 Å². The summed E-state index contributed by atoms with van der Waals surface area (Å²) < 4.78 is 2.21. The van der Waals surface area contributed by atoms with Gasteiger partial charge in [0, 0.05) is 30.4 Å². The van der Waals surface area contributed by atoms with E-state index in [0.717, 1.165) is 23.0 Å². The Morgan fingerprint density at radius 1 is 1.09 bits per heavy atom. The Bertz CT molecular complexity index is 671. The number of rotatable bonds is 4. The van der Waals surface area contributed by atoms with E-state index in [1.54, 1.807) is 0 Å². The molecule has 1 fully saturated rings. The van der Waals surface area contributed by atoms with E-state index in [1.807, 2.05) is 11.8 Å². The monoisotopic (exact) mass is 331 g/mol. The minimum absolute atomic E-state index is 0.300. The van der Waals surface area contributed by atoms with E-state index in [9.17, 15) is 0 Å². The van der Waals surface area contributed by atoms with E-state index in [4.69, 9.17) is 4.98 Å². The van der Waals surface area contributed by atoms with Crippen LogP contribution in [0.3, 0.4) is 0 Å². The minimum atomic E-state index is 0.300. The van der Waals surface area contributed by atoms with Crippen molar-refractivity contribution in [2.45, 2.75) is 63.2 Å². The second-order valence-corrected chi connectivity index (χ2v) is 8.98. The van der Waals surface area contributed by atoms with Gasteiger partial charge in [0.25, 0.3) is 0 Å². The number of thioether (sulfide) groups is 1. The van der Waals surface area contributed by atoms with Crippen molar-refractivity contribution in [3.63, 3.8) is 0 Å². The number of hydrogen-bond donors (Lipinski definition) is 0. The average molecular weight is 332 g/mol. The van der Waals surface area contributed by atoms with Gasteiger partial charge in [-0.15, -0.1) is 0 Å². The Kier molecular flexibility index (Phi) is 4.49. The SMILES string of the molecule is Cn1c(SCCN2C(C)(C)CCCC2(C)C)nc2ccccc21. The molecule has 3 rings (SSSR count). The standard InChI is InChI=1S/C19H29N3S/c1-18(2)11-8-12-19(3,4)22(18)13-14-23-17-20-15-9-6-7-10-16(15)21(17)5/h6-7,9-10H,8,11-14H2,1-5H3. The predicted octanol–water partition coefficient (Wildman–Crippen LogP) is 4.71. The van der Waals surface area contributed by atoms with E-state index >= 15 is 0 Å². The van der Waals surface area contributed by atoms with Gasteiger partial charge in [-0.1, -0.05) is 23.9 Å². The lowest BCUT2D eigenvalue weighted by atomic mass is 9.80. The van der Waals surface area contributed by atoms with Crippen molar-refractivity contribution in [3.8, 4) is 0 Å². The van der Waals surface area contributed by atoms with Gasteiger partial charge in [-0.05, 0) is 59.1 Å². The fraction of sp³-hybridized carbons (Fsp3) is 0.632. The van der Waals surface area contributed by atoms with Crippen LogP contribution in [0.1, 0.15) is 47.0 Å². The maximum atomic E-state index is 4.78. The van der Waals surface area contributed by atoms with Crippen LogP contribution in [-0.2, 0) is 7.05 Å². The molecule has 1 aromatic carbocycles. The molecule has 126 valence electrons. The Morgan fingerprint density at radius 2 is 1.74 bits per heavy atom. The van der Waals surface area contributed by atoms with Gasteiger partial charge < -0.3 is 4.57 Å². The van der Waals surface area contributed by atoms with Crippen LogP contribution in [0.25, 0.3) is 11.0 Å². The van der Waals surface area contributed by atoms with Gasteiger partial charge in [0.1, 0.15) is 0 Å². The highest BCUT2D eigenvalue weighted by atomic mass is 32.2. The van der Waals surface area contributed by atoms with Gasteiger partial charge in [0.15, 0.2) is 5.16 Å². The lowest BCUT2D eigenvalue weighted by Crippen LogP contribution is -2.59. The van der Waals surface area contributed by atoms with Crippen LogP contribution in [0, 0.1) is 0 Å². The van der Waals surface area contributed by atoms with Crippen molar-refractivity contribution in [3.05, 3.63) is 24.3 Å². The summed E-state index contributed by atoms with van der Waals surface area (Å²) in [7, 11) is 2.12. The largest absolute Gasteiger partial charge is 0.322 e. The zero-order valence-electron chi connectivity index (χ0n) is 15.1. The van der Waals surface area contributed by atoms with Crippen LogP contribution in [0.2, 0.25) is 0 Å². The molecule has 0 amide bonds. The van der Waals surface area contributed by atoms with E-state index in [-0.39, 0.29) is 0 Å². The topological polar surface area (TPSA) is 21.1 Å². The van der Waals surface area contributed by atoms with Gasteiger partial charge in [0.05, 0.1) is 11.0 Å². The normalized spacial score (nSPS) is 20.9. The highest BCUT2D eigenvalue weighted by Crippen LogP contribution is 2.38. The maximum Gasteiger partial charge on any atom is 0.168 e. The third-order valence-corrected chi connectivity index (χ3v) is 6.34. The number of para-hydroxylation sites is 2. The summed E-state index contributed by atoms with van der Waals surface area (Å²) in [6, 6.07) is 8.37. The fourth-order valence-corrected chi connectivity index (χ4v) is 5.04. The molecule has 3 nitrogen and oxygen atoms in total. The van der Waals surface area contributed by atoms with Crippen molar-refractivity contribution < 1.29 is 0 Å². The maximum absolute atomic E-state index is 4.78. The number of imidazole rings is 1. The minimum Gasteiger partial charge on any atom is -0.322 e. The lowest BCUT2D eigenvalue weighted by molar-refractivity contribution is -0.0209. The molecule has 2 heterocycles. The molecule has 1 aromatic heterocycles. The molecular weight excluding hydrogens is 302 g/mol. The molecule has 1 saturated heterocycles. The van der Waals surface area contributed by atoms with Crippen molar-refractivity contribution >= 4 is 22.8 Å². The zero-order valence-corrected chi connectivity index (χ0v) is 15.9. The molecule has 0 atom stereocenters. The Hall–Kier alpha value is -1.00. The molecule has 2 aromatic rings. The number of benzene rings is 1. The summed E-state index contributed by atoms with van der Waals surface area (Å²) in [6.07, 6.45) is 3.94. The first-order valence-electron chi connectivity index (χ1n) is 8.63. The Morgan fingerprint density at radius 3 is 2.39 bits per heavy atom. The van der Waals surface area contributed by atoms with Gasteiger partial charge in [-0.25, -0.2) is 4.98 Å². The van der Waals surface area contributed by atoms with Crippen LogP contribution in [0.5, 0.6) is 0 Å². The molecule has 0 bridgehead atoms. The lowest BCUT2D eigenvalue weighted by Gasteiger charge is -2.53. The second-order valence-electron chi connectivity index (χ2n) is 7.92. The molecule has 0 unspecified atom stereocenters. The van der Waals surface area contributed by atoms with Gasteiger partial charge in [-0.3, -0.25) is 4.90 Å². The molecule has 1 aliphatic rings. The molecule has 0 aliphatic carbocycles. The third-order valence-electron chi connectivity index (χ3n) is 5.33. The number of fused-ring (bicyclic) bond motifs is 1. The number of piperidine rings is 1. The van der Waals surface area contributed by atoms with Crippen molar-refractivity contribution in [1.29, 1.82) is 0 Å². The zero-order chi connectivity index (χ0) is 16.7. The molecule has 1 aliphatic heterocycles. The fourth-order valence-electron chi connectivity index (χ4n) is 4.13. The highest BCUT2D eigenvalue weighted by Gasteiger charge is 2.40. The van der Waals surface area contributed by atoms with Crippen LogP contribution in [0.4, 0.5) is 0 Å². The molecular formula is C19H29N3S. The number of aryl methyl sites for hydroxylation is 1. The van der Waals surface area contributed by atoms with Crippen LogP contribution in [-0.4, -0.2) is 37.8 Å². The number of aromatic nitrogens is 2. The summed E-state index contributed by atoms with van der Waals surface area (Å²) in [5.41, 5.74) is 2.91. The van der Waals surface area contributed by atoms with Crippen LogP contribution >= 0.6 is 11.8 Å². The average Bonchev–Trinajstić information content (AvgIpc) is 2.78. The first-order valence-corrected chi connectivity index (χ1v) is 9.62. The van der Waals surface area contributed by atoms with Gasteiger partial charge in [0.2, 0.25) is 0 Å². The Labute approximate surface area is 144 Å². The summed E-state index contributed by atoms with van der Waals surface area (Å²) >= 11 is 1.88. The number of likely N-dealkylation sites (tertiary alicyclic amines) is 1. The first kappa shape index (κ1) is 16.8. The third kappa shape index (κ3) is 3.29. The summed E-state index contributed by atoms with van der Waals surface area (Å²) in [4.78, 5) is 7.48. The van der Waals surface area contributed by atoms with Crippen molar-refractivity contribution in [2.75, 3.05) is 12.3 Å². The van der Waals surface area contributed by atoms with Crippen LogP contribution in [0.15, 0.2) is 29.4 Å². The molecule has 0 radical (unpaired) electrons. The molecule has 0 spiro atoms. The molecule has 0 N–H and O–H groups in total. The van der Waals surface area contributed by atoms with Crippen molar-refractivity contribution in [2.24, 2.45) is 7.05 Å². The Balaban J connectivity index is 1.69. The number of nitrogens with zero attached hydrogens (tertiary/aromatic N) is 3. The summed E-state index contributed by atoms with van der Waals surface area (Å²) in [5, 5.41) is 1.12. The summed E-state index contributed by atoms with van der Waals surface area (Å²) in [5.74, 6) is 1.09. The van der Waals surface area contributed by atoms with E-state index in [0.29, 0.717) is 11.1 Å². The van der Waals surface area contributed by atoms with Gasteiger partial charge >= 0.3 is 0 Å². The first-order chi connectivity index (χ1) is 10.8. The van der Waals surface area contributed by atoms with E-state index in [1.165, 1.54) is 24.8 Å². The van der Waals surface area contributed by atoms with E-state index < -0.39 is 0 Å². The summed E-state index contributed by atoms with van der Waals surface area (Å²) in [6.45, 7) is 10.7. The molecule has 23 heavy (non-hydrogen) atoms. The number of hydrogen-bond acceptors (Lipinski definition) is 3. The smallest absolute Gasteiger partial charge is 0.168 e. The molecule has 0 saturated carbocycles. The second kappa shape index (κ2) is 6.14. The predicted molar refractivity (Wildman–Crippen MR) is 100 cm³/mol. The van der Waals surface area contributed by atoms with Crippen molar-refractivity contribution in [1.82, 2.24) is 14.5 Å². The highest BCUT2D eigenvalue weighted by molar-refractivity contribution is 7.99. The van der Waals surface area contributed by atoms with E-state index in [2.05, 4.69) is 68.5 Å². The molecule has 4 heteroatoms.